The molecule has 1 aromatic rings. The number of hydrazine groups is 1. The molecule has 1 aliphatic carbocycles. The van der Waals surface area contributed by atoms with E-state index in [1.807, 2.05) is 0 Å². The third kappa shape index (κ3) is 3.12. The summed E-state index contributed by atoms with van der Waals surface area (Å²) in [7, 11) is 0. The van der Waals surface area contributed by atoms with Crippen molar-refractivity contribution in [3.8, 4) is 0 Å². The Kier molecular flexibility index (Phi) is 4.21. The maximum absolute atomic E-state index is 13.2. The minimum Gasteiger partial charge on any atom is -0.271 e. The first-order valence-corrected chi connectivity index (χ1v) is 6.84. The molecule has 1 fully saturated rings. The predicted molar refractivity (Wildman–Crippen MR) is 72.3 cm³/mol. The van der Waals surface area contributed by atoms with Crippen LogP contribution in [0.15, 0.2) is 18.2 Å². The average Bonchev–Trinajstić information content (AvgIpc) is 2.70. The second kappa shape index (κ2) is 5.55. The molecule has 106 valence electrons. The lowest BCUT2D eigenvalue weighted by Gasteiger charge is -2.34. The monoisotopic (exact) mass is 268 g/mol. The lowest BCUT2D eigenvalue weighted by atomic mass is 9.76. The number of hydrogen-bond donors (Lipinski definition) is 2. The van der Waals surface area contributed by atoms with E-state index in [1.54, 1.807) is 6.07 Å². The van der Waals surface area contributed by atoms with Gasteiger partial charge in [0.15, 0.2) is 11.6 Å². The summed E-state index contributed by atoms with van der Waals surface area (Å²) in [4.78, 5) is 0. The molecule has 2 nitrogen and oxygen atoms in total. The molecule has 0 amide bonds. The van der Waals surface area contributed by atoms with E-state index in [-0.39, 0.29) is 11.5 Å². The number of rotatable bonds is 4. The normalized spacial score (nSPS) is 23.5. The fourth-order valence-electron chi connectivity index (χ4n) is 3.34. The molecule has 1 saturated carbocycles. The molecule has 2 atom stereocenters. The van der Waals surface area contributed by atoms with Crippen LogP contribution < -0.4 is 11.3 Å². The van der Waals surface area contributed by atoms with Gasteiger partial charge in [-0.1, -0.05) is 26.3 Å². The SMILES string of the molecule is CC1(C)CCCC1C(Cc1ccc(F)c(F)c1)NN. The average molecular weight is 268 g/mol. The van der Waals surface area contributed by atoms with Gasteiger partial charge < -0.3 is 0 Å². The molecule has 0 aromatic heterocycles. The van der Waals surface area contributed by atoms with Crippen molar-refractivity contribution < 1.29 is 8.78 Å². The third-order valence-corrected chi connectivity index (χ3v) is 4.48. The Hall–Kier alpha value is -1.00. The van der Waals surface area contributed by atoms with Crippen LogP contribution in [0.2, 0.25) is 0 Å². The number of benzene rings is 1. The van der Waals surface area contributed by atoms with Gasteiger partial charge in [0.1, 0.15) is 0 Å². The molecule has 1 aromatic carbocycles. The number of hydrogen-bond acceptors (Lipinski definition) is 2. The second-order valence-electron chi connectivity index (χ2n) is 6.21. The van der Waals surface area contributed by atoms with Crippen LogP contribution in [0.25, 0.3) is 0 Å². The van der Waals surface area contributed by atoms with Crippen molar-refractivity contribution in [3.63, 3.8) is 0 Å². The molecule has 0 radical (unpaired) electrons. The standard InChI is InChI=1S/C15H22F2N2/c1-15(2)7-3-4-11(15)14(19-18)9-10-5-6-12(16)13(17)8-10/h5-6,8,11,14,19H,3-4,7,9,18H2,1-2H3. The number of nitrogens with one attached hydrogen (secondary N) is 1. The lowest BCUT2D eigenvalue weighted by Crippen LogP contribution is -2.45. The lowest BCUT2D eigenvalue weighted by molar-refractivity contribution is 0.196. The zero-order valence-electron chi connectivity index (χ0n) is 11.5. The molecule has 0 spiro atoms. The van der Waals surface area contributed by atoms with Crippen molar-refractivity contribution in [3.05, 3.63) is 35.4 Å². The first-order valence-electron chi connectivity index (χ1n) is 6.84. The summed E-state index contributed by atoms with van der Waals surface area (Å²) in [6.07, 6.45) is 4.15. The van der Waals surface area contributed by atoms with Gasteiger partial charge in [0.2, 0.25) is 0 Å². The highest BCUT2D eigenvalue weighted by Gasteiger charge is 2.39. The zero-order chi connectivity index (χ0) is 14.0. The van der Waals surface area contributed by atoms with Crippen molar-refractivity contribution in [2.45, 2.75) is 45.6 Å². The Morgan fingerprint density at radius 3 is 2.63 bits per heavy atom. The number of halogens is 2. The van der Waals surface area contributed by atoms with Crippen LogP contribution in [0.3, 0.4) is 0 Å². The topological polar surface area (TPSA) is 38.0 Å². The summed E-state index contributed by atoms with van der Waals surface area (Å²) in [5.74, 6) is 4.54. The van der Waals surface area contributed by atoms with Gasteiger partial charge in [-0.3, -0.25) is 11.3 Å². The fourth-order valence-corrected chi connectivity index (χ4v) is 3.34. The van der Waals surface area contributed by atoms with Gasteiger partial charge in [-0.2, -0.15) is 0 Å². The molecular weight excluding hydrogens is 246 g/mol. The van der Waals surface area contributed by atoms with Crippen molar-refractivity contribution >= 4 is 0 Å². The van der Waals surface area contributed by atoms with Crippen LogP contribution >= 0.6 is 0 Å². The summed E-state index contributed by atoms with van der Waals surface area (Å²) in [6.45, 7) is 4.50. The third-order valence-electron chi connectivity index (χ3n) is 4.48. The molecule has 0 bridgehead atoms. The molecule has 2 rings (SSSR count). The van der Waals surface area contributed by atoms with Gasteiger partial charge in [-0.25, -0.2) is 8.78 Å². The van der Waals surface area contributed by atoms with E-state index in [0.717, 1.165) is 12.0 Å². The van der Waals surface area contributed by atoms with E-state index in [4.69, 9.17) is 5.84 Å². The van der Waals surface area contributed by atoms with E-state index in [1.165, 1.54) is 25.0 Å². The first kappa shape index (κ1) is 14.4. The number of nitrogens with two attached hydrogens (primary N) is 1. The van der Waals surface area contributed by atoms with Crippen LogP contribution in [0, 0.1) is 23.0 Å². The zero-order valence-corrected chi connectivity index (χ0v) is 11.5. The van der Waals surface area contributed by atoms with E-state index >= 15 is 0 Å². The van der Waals surface area contributed by atoms with E-state index in [9.17, 15) is 8.78 Å². The minimum atomic E-state index is -0.804. The van der Waals surface area contributed by atoms with Crippen molar-refractivity contribution in [1.82, 2.24) is 5.43 Å². The van der Waals surface area contributed by atoms with Crippen LogP contribution in [0.1, 0.15) is 38.7 Å². The van der Waals surface area contributed by atoms with Crippen LogP contribution in [-0.4, -0.2) is 6.04 Å². The van der Waals surface area contributed by atoms with Crippen molar-refractivity contribution in [2.75, 3.05) is 0 Å². The quantitative estimate of drug-likeness (QED) is 0.650. The van der Waals surface area contributed by atoms with Gasteiger partial charge in [0, 0.05) is 6.04 Å². The fraction of sp³-hybridized carbons (Fsp3) is 0.600. The van der Waals surface area contributed by atoms with E-state index in [0.29, 0.717) is 12.3 Å². The molecule has 2 unspecified atom stereocenters. The first-order chi connectivity index (χ1) is 8.94. The molecule has 19 heavy (non-hydrogen) atoms. The van der Waals surface area contributed by atoms with Gasteiger partial charge in [-0.05, 0) is 48.3 Å². The molecule has 4 heteroatoms. The predicted octanol–water partition coefficient (Wildman–Crippen LogP) is 3.17. The Morgan fingerprint density at radius 2 is 2.11 bits per heavy atom. The van der Waals surface area contributed by atoms with E-state index < -0.39 is 11.6 Å². The molecule has 0 heterocycles. The van der Waals surface area contributed by atoms with Crippen LogP contribution in [0.4, 0.5) is 8.78 Å². The largest absolute Gasteiger partial charge is 0.271 e. The summed E-state index contributed by atoms with van der Waals surface area (Å²) in [5, 5.41) is 0. The van der Waals surface area contributed by atoms with Crippen molar-refractivity contribution in [1.29, 1.82) is 0 Å². The Balaban J connectivity index is 2.12. The van der Waals surface area contributed by atoms with Gasteiger partial charge in [0.25, 0.3) is 0 Å². The maximum Gasteiger partial charge on any atom is 0.159 e. The Labute approximate surface area is 113 Å². The van der Waals surface area contributed by atoms with Gasteiger partial charge >= 0.3 is 0 Å². The summed E-state index contributed by atoms with van der Waals surface area (Å²) in [5.41, 5.74) is 3.89. The Bertz CT molecular complexity index is 446. The molecule has 1 aliphatic rings. The van der Waals surface area contributed by atoms with Crippen LogP contribution in [-0.2, 0) is 6.42 Å². The highest BCUT2D eigenvalue weighted by molar-refractivity contribution is 5.19. The van der Waals surface area contributed by atoms with Gasteiger partial charge in [0.05, 0.1) is 0 Å². The highest BCUT2D eigenvalue weighted by atomic mass is 19.2. The van der Waals surface area contributed by atoms with Crippen molar-refractivity contribution in [2.24, 2.45) is 17.2 Å². The minimum absolute atomic E-state index is 0.0994. The summed E-state index contributed by atoms with van der Waals surface area (Å²) in [6, 6.07) is 4.17. The molecule has 3 N–H and O–H groups in total. The van der Waals surface area contributed by atoms with E-state index in [2.05, 4.69) is 19.3 Å². The molecule has 0 aliphatic heterocycles. The summed E-state index contributed by atoms with van der Waals surface area (Å²) >= 11 is 0. The molecular formula is C15H22F2N2. The van der Waals surface area contributed by atoms with Crippen LogP contribution in [0.5, 0.6) is 0 Å². The highest BCUT2D eigenvalue weighted by Crippen LogP contribution is 2.44. The maximum atomic E-state index is 13.2. The second-order valence-corrected chi connectivity index (χ2v) is 6.21. The van der Waals surface area contributed by atoms with Gasteiger partial charge in [-0.15, -0.1) is 0 Å². The Morgan fingerprint density at radius 1 is 1.37 bits per heavy atom. The molecule has 0 saturated heterocycles. The smallest absolute Gasteiger partial charge is 0.159 e. The summed E-state index contributed by atoms with van der Waals surface area (Å²) < 4.78 is 26.2.